The first-order valence-corrected chi connectivity index (χ1v) is 13.4. The minimum atomic E-state index is -0.380. The number of rotatable bonds is 9. The van der Waals surface area contributed by atoms with E-state index in [1.54, 1.807) is 11.6 Å². The molecule has 3 aromatic carbocycles. The number of Topliss-reactive ketones (excluding diaryl/α,β-unsaturated/α-hetero) is 1. The number of aromatic nitrogens is 3. The van der Waals surface area contributed by atoms with Crippen LogP contribution in [0.25, 0.3) is 0 Å². The maximum Gasteiger partial charge on any atom is 0.227 e. The van der Waals surface area contributed by atoms with Crippen LogP contribution in [0.4, 0.5) is 5.95 Å². The maximum absolute atomic E-state index is 12.7. The number of benzene rings is 3. The van der Waals surface area contributed by atoms with E-state index in [0.717, 1.165) is 34.0 Å². The van der Waals surface area contributed by atoms with Crippen LogP contribution in [0.1, 0.15) is 36.6 Å². The summed E-state index contributed by atoms with van der Waals surface area (Å²) in [5.74, 6) is 2.03. The lowest BCUT2D eigenvalue weighted by Gasteiger charge is -2.28. The summed E-state index contributed by atoms with van der Waals surface area (Å²) in [7, 11) is 0. The van der Waals surface area contributed by atoms with Gasteiger partial charge in [0.05, 0.1) is 6.61 Å². The summed E-state index contributed by atoms with van der Waals surface area (Å²) in [6.07, 6.45) is 0.838. The van der Waals surface area contributed by atoms with Crippen molar-refractivity contribution in [2.75, 3.05) is 11.9 Å². The minimum Gasteiger partial charge on any atom is -0.493 e. The van der Waals surface area contributed by atoms with E-state index in [4.69, 9.17) is 26.4 Å². The van der Waals surface area contributed by atoms with E-state index in [2.05, 4.69) is 17.4 Å². The molecule has 0 saturated carbocycles. The topological polar surface area (TPSA) is 69.0 Å². The molecule has 0 saturated heterocycles. The van der Waals surface area contributed by atoms with Gasteiger partial charge < -0.3 is 10.1 Å². The summed E-state index contributed by atoms with van der Waals surface area (Å²) in [4.78, 5) is 17.4. The van der Waals surface area contributed by atoms with Gasteiger partial charge in [-0.15, -0.1) is 5.10 Å². The average Bonchev–Trinajstić information content (AvgIpc) is 3.30. The maximum atomic E-state index is 12.7. The zero-order chi connectivity index (χ0) is 25.8. The van der Waals surface area contributed by atoms with Gasteiger partial charge in [0, 0.05) is 28.5 Å². The quantitative estimate of drug-likeness (QED) is 0.242. The number of carbonyl (C=O) groups is 1. The molecule has 8 heteroatoms. The molecule has 1 aromatic heterocycles. The monoisotopic (exact) mass is 530 g/mol. The molecule has 0 bridgehead atoms. The number of nitrogens with zero attached hydrogens (tertiary/aromatic N) is 3. The number of hydrogen-bond acceptors (Lipinski definition) is 6. The van der Waals surface area contributed by atoms with Gasteiger partial charge in [-0.3, -0.25) is 4.79 Å². The Labute approximate surface area is 225 Å². The van der Waals surface area contributed by atoms with Gasteiger partial charge in [-0.25, -0.2) is 4.68 Å². The first-order valence-electron chi connectivity index (χ1n) is 12.1. The Morgan fingerprint density at radius 3 is 2.51 bits per heavy atom. The number of thioether (sulfide) groups is 1. The highest BCUT2D eigenvalue weighted by atomic mass is 35.5. The van der Waals surface area contributed by atoms with Crippen molar-refractivity contribution in [2.45, 2.75) is 37.2 Å². The van der Waals surface area contributed by atoms with Crippen molar-refractivity contribution in [2.24, 2.45) is 0 Å². The highest BCUT2D eigenvalue weighted by molar-refractivity contribution is 7.98. The van der Waals surface area contributed by atoms with Gasteiger partial charge in [-0.1, -0.05) is 84.0 Å². The summed E-state index contributed by atoms with van der Waals surface area (Å²) < 4.78 is 7.76. The first-order chi connectivity index (χ1) is 18.0. The van der Waals surface area contributed by atoms with Crippen molar-refractivity contribution in [3.63, 3.8) is 0 Å². The van der Waals surface area contributed by atoms with Gasteiger partial charge in [0.15, 0.2) is 5.78 Å². The van der Waals surface area contributed by atoms with E-state index in [0.29, 0.717) is 29.0 Å². The molecule has 1 N–H and O–H groups in total. The molecule has 0 spiro atoms. The van der Waals surface area contributed by atoms with E-state index < -0.39 is 0 Å². The third-order valence-corrected chi connectivity index (χ3v) is 7.48. The number of hydrogen-bond donors (Lipinski definition) is 1. The van der Waals surface area contributed by atoms with Crippen molar-refractivity contribution < 1.29 is 9.53 Å². The highest BCUT2D eigenvalue weighted by Crippen LogP contribution is 2.37. The molecule has 2 heterocycles. The van der Waals surface area contributed by atoms with E-state index in [9.17, 15) is 4.79 Å². The Morgan fingerprint density at radius 2 is 1.78 bits per heavy atom. The largest absolute Gasteiger partial charge is 0.493 e. The lowest BCUT2D eigenvalue weighted by atomic mass is 9.93. The fraction of sp³-hybridized carbons (Fsp3) is 0.207. The smallest absolute Gasteiger partial charge is 0.227 e. The zero-order valence-electron chi connectivity index (χ0n) is 20.6. The van der Waals surface area contributed by atoms with E-state index in [1.165, 1.54) is 17.3 Å². The van der Waals surface area contributed by atoms with Crippen LogP contribution >= 0.6 is 23.4 Å². The van der Waals surface area contributed by atoms with E-state index in [1.807, 2.05) is 73.7 Å². The lowest BCUT2D eigenvalue weighted by molar-refractivity contribution is -0.114. The summed E-state index contributed by atoms with van der Waals surface area (Å²) in [6, 6.07) is 25.5. The van der Waals surface area contributed by atoms with Crippen LogP contribution in [0, 0.1) is 0 Å². The summed E-state index contributed by atoms with van der Waals surface area (Å²) in [6.45, 7) is 4.08. The normalized spacial score (nSPS) is 14.7. The number of allylic oxidation sites excluding steroid dienone is 2. The van der Waals surface area contributed by atoms with Crippen LogP contribution in [0.15, 0.2) is 95.3 Å². The number of ether oxygens (including phenoxy) is 1. The molecule has 1 aliphatic rings. The van der Waals surface area contributed by atoms with E-state index >= 15 is 0 Å². The molecule has 4 aromatic rings. The Bertz CT molecular complexity index is 1430. The molecule has 0 fully saturated rings. The standard InChI is InChI=1S/C29H27ClN4O2S/c1-19-26(20(2)35)27(22-12-14-24(15-13-22)36-17-16-21-8-4-3-5-9-21)34-28(31-19)32-29(33-34)37-18-23-10-6-7-11-25(23)30/h3-15,27H,16-18H2,1-2H3,(H,31,32,33). The summed E-state index contributed by atoms with van der Waals surface area (Å²) in [5, 5.41) is 9.37. The van der Waals surface area contributed by atoms with Crippen molar-refractivity contribution in [1.29, 1.82) is 0 Å². The van der Waals surface area contributed by atoms with Crippen molar-refractivity contribution in [3.05, 3.63) is 112 Å². The van der Waals surface area contributed by atoms with Crippen LogP contribution in [0.5, 0.6) is 5.75 Å². The Balaban J connectivity index is 1.35. The Morgan fingerprint density at radius 1 is 1.05 bits per heavy atom. The number of halogens is 1. The molecule has 6 nitrogen and oxygen atoms in total. The third-order valence-electron chi connectivity index (χ3n) is 6.23. The van der Waals surface area contributed by atoms with Gasteiger partial charge in [-0.05, 0) is 48.7 Å². The molecule has 1 atom stereocenters. The molecule has 0 aliphatic carbocycles. The second-order valence-electron chi connectivity index (χ2n) is 8.82. The predicted octanol–water partition coefficient (Wildman–Crippen LogP) is 6.72. The minimum absolute atomic E-state index is 0.00962. The molecule has 1 unspecified atom stereocenters. The second-order valence-corrected chi connectivity index (χ2v) is 10.2. The van der Waals surface area contributed by atoms with Crippen LogP contribution in [-0.2, 0) is 17.0 Å². The number of carbonyl (C=O) groups excluding carboxylic acids is 1. The highest BCUT2D eigenvalue weighted by Gasteiger charge is 2.32. The van der Waals surface area contributed by atoms with Gasteiger partial charge in [-0.2, -0.15) is 4.98 Å². The van der Waals surface area contributed by atoms with Crippen LogP contribution in [-0.4, -0.2) is 27.2 Å². The van der Waals surface area contributed by atoms with Crippen molar-refractivity contribution in [1.82, 2.24) is 14.8 Å². The molecule has 37 heavy (non-hydrogen) atoms. The van der Waals surface area contributed by atoms with Crippen molar-refractivity contribution in [3.8, 4) is 5.75 Å². The molecule has 1 aliphatic heterocycles. The Kier molecular flexibility index (Phi) is 7.63. The lowest BCUT2D eigenvalue weighted by Crippen LogP contribution is -2.27. The second kappa shape index (κ2) is 11.2. The molecular weight excluding hydrogens is 504 g/mol. The molecular formula is C29H27ClN4O2S. The van der Waals surface area contributed by atoms with Crippen LogP contribution < -0.4 is 10.1 Å². The molecule has 5 rings (SSSR count). The number of anilines is 1. The number of nitrogens with one attached hydrogen (secondary N) is 1. The number of ketones is 1. The van der Waals surface area contributed by atoms with Gasteiger partial charge in [0.1, 0.15) is 11.8 Å². The van der Waals surface area contributed by atoms with E-state index in [-0.39, 0.29) is 11.8 Å². The zero-order valence-corrected chi connectivity index (χ0v) is 22.2. The van der Waals surface area contributed by atoms with Crippen LogP contribution in [0.2, 0.25) is 5.02 Å². The molecule has 188 valence electrons. The predicted molar refractivity (Wildman–Crippen MR) is 148 cm³/mol. The van der Waals surface area contributed by atoms with Gasteiger partial charge in [0.2, 0.25) is 11.1 Å². The third kappa shape index (κ3) is 5.73. The Hall–Kier alpha value is -3.55. The van der Waals surface area contributed by atoms with Crippen LogP contribution in [0.3, 0.4) is 0 Å². The average molecular weight is 531 g/mol. The number of fused-ring (bicyclic) bond motifs is 1. The SMILES string of the molecule is CC(=O)C1=C(C)Nc2nc(SCc3ccccc3Cl)nn2C1c1ccc(OCCc2ccccc2)cc1. The fourth-order valence-corrected chi connectivity index (χ4v) is 5.51. The first kappa shape index (κ1) is 25.1. The fourth-order valence-electron chi connectivity index (χ4n) is 4.39. The van der Waals surface area contributed by atoms with Gasteiger partial charge in [0.25, 0.3) is 0 Å². The summed E-state index contributed by atoms with van der Waals surface area (Å²) >= 11 is 7.83. The van der Waals surface area contributed by atoms with Gasteiger partial charge >= 0.3 is 0 Å². The molecule has 0 amide bonds. The summed E-state index contributed by atoms with van der Waals surface area (Å²) in [5.41, 5.74) is 4.65. The van der Waals surface area contributed by atoms with Crippen molar-refractivity contribution >= 4 is 35.1 Å². The molecule has 0 radical (unpaired) electrons.